The van der Waals surface area contributed by atoms with E-state index in [1.165, 1.54) is 11.8 Å². The van der Waals surface area contributed by atoms with E-state index in [0.717, 1.165) is 32.4 Å². The summed E-state index contributed by atoms with van der Waals surface area (Å²) in [6, 6.07) is 0. The van der Waals surface area contributed by atoms with Gasteiger partial charge in [0.2, 0.25) is 4.96 Å². The minimum Gasteiger partial charge on any atom is -0.309 e. The second kappa shape index (κ2) is 4.36. The van der Waals surface area contributed by atoms with Gasteiger partial charge in [-0.15, -0.1) is 15.3 Å². The molecule has 0 unspecified atom stereocenters. The molecule has 0 aliphatic carbocycles. The summed E-state index contributed by atoms with van der Waals surface area (Å²) in [5.41, 5.74) is 0.984. The zero-order chi connectivity index (χ0) is 12.7. The smallest absolute Gasteiger partial charge is 0.213 e. The molecule has 0 aromatic carbocycles. The van der Waals surface area contributed by atoms with Crippen LogP contribution in [0.25, 0.3) is 4.96 Å². The Morgan fingerprint density at radius 2 is 2.22 bits per heavy atom. The first-order chi connectivity index (χ1) is 8.67. The van der Waals surface area contributed by atoms with Crippen LogP contribution in [0, 0.1) is 6.92 Å². The van der Waals surface area contributed by atoms with Gasteiger partial charge in [0.15, 0.2) is 9.50 Å². The van der Waals surface area contributed by atoms with E-state index in [0.29, 0.717) is 0 Å². The van der Waals surface area contributed by atoms with Crippen LogP contribution in [0.2, 0.25) is 0 Å². The van der Waals surface area contributed by atoms with Crippen LogP contribution >= 0.6 is 23.1 Å². The van der Waals surface area contributed by atoms with E-state index in [-0.39, 0.29) is 0 Å². The van der Waals surface area contributed by atoms with Gasteiger partial charge in [-0.05, 0) is 18.7 Å². The molecule has 0 N–H and O–H groups in total. The fourth-order valence-corrected chi connectivity index (χ4v) is 3.54. The van der Waals surface area contributed by atoms with Crippen molar-refractivity contribution in [1.82, 2.24) is 29.4 Å². The van der Waals surface area contributed by atoms with E-state index in [1.807, 2.05) is 24.7 Å². The highest BCUT2D eigenvalue weighted by Gasteiger charge is 2.13. The molecule has 0 bridgehead atoms. The number of hydrogen-bond donors (Lipinski definition) is 0. The number of imidazole rings is 1. The summed E-state index contributed by atoms with van der Waals surface area (Å²) in [5.74, 6) is 0.981. The Bertz CT molecular complexity index is 663. The van der Waals surface area contributed by atoms with Gasteiger partial charge in [-0.2, -0.15) is 0 Å². The fraction of sp³-hybridized carbons (Fsp3) is 0.400. The Kier molecular flexibility index (Phi) is 2.83. The molecule has 0 atom stereocenters. The Balaban J connectivity index is 1.90. The predicted octanol–water partition coefficient (Wildman–Crippen LogP) is 1.94. The van der Waals surface area contributed by atoms with Gasteiger partial charge in [0.1, 0.15) is 5.82 Å². The quantitative estimate of drug-likeness (QED) is 0.733. The van der Waals surface area contributed by atoms with Crippen molar-refractivity contribution >= 4 is 28.1 Å². The van der Waals surface area contributed by atoms with Crippen LogP contribution in [0.4, 0.5) is 0 Å². The van der Waals surface area contributed by atoms with E-state index in [1.54, 1.807) is 15.9 Å². The maximum absolute atomic E-state index is 4.46. The summed E-state index contributed by atoms with van der Waals surface area (Å²) in [7, 11) is 1.98. The SMILES string of the molecule is CCc1nnc(Sc2nn3cc(C)nc3s2)n1C. The molecule has 0 saturated carbocycles. The zero-order valence-electron chi connectivity index (χ0n) is 10.3. The molecule has 0 spiro atoms. The molecule has 6 nitrogen and oxygen atoms in total. The van der Waals surface area contributed by atoms with Crippen LogP contribution in [0.3, 0.4) is 0 Å². The van der Waals surface area contributed by atoms with Crippen molar-refractivity contribution in [2.24, 2.45) is 7.05 Å². The molecule has 3 rings (SSSR count). The summed E-state index contributed by atoms with van der Waals surface area (Å²) >= 11 is 3.08. The minimum absolute atomic E-state index is 0.862. The van der Waals surface area contributed by atoms with E-state index >= 15 is 0 Å². The second-order valence-corrected chi connectivity index (χ2v) is 6.06. The molecule has 3 aromatic rings. The Labute approximate surface area is 112 Å². The molecule has 0 aliphatic heterocycles. The van der Waals surface area contributed by atoms with E-state index in [4.69, 9.17) is 0 Å². The van der Waals surface area contributed by atoms with Gasteiger partial charge in [-0.1, -0.05) is 18.3 Å². The molecule has 18 heavy (non-hydrogen) atoms. The number of nitrogens with zero attached hydrogens (tertiary/aromatic N) is 6. The highest BCUT2D eigenvalue weighted by molar-refractivity contribution is 8.01. The largest absolute Gasteiger partial charge is 0.309 e. The average molecular weight is 280 g/mol. The van der Waals surface area contributed by atoms with Crippen LogP contribution in [0.15, 0.2) is 15.7 Å². The molecule has 0 fully saturated rings. The third kappa shape index (κ3) is 1.91. The lowest BCUT2D eigenvalue weighted by Gasteiger charge is -1.98. The van der Waals surface area contributed by atoms with Crippen molar-refractivity contribution in [1.29, 1.82) is 0 Å². The minimum atomic E-state index is 0.862. The second-order valence-electron chi connectivity index (χ2n) is 3.89. The van der Waals surface area contributed by atoms with Crippen molar-refractivity contribution in [3.8, 4) is 0 Å². The zero-order valence-corrected chi connectivity index (χ0v) is 11.9. The highest BCUT2D eigenvalue weighted by atomic mass is 32.2. The maximum atomic E-state index is 4.46. The summed E-state index contributed by atoms with van der Waals surface area (Å²) in [5, 5.41) is 13.6. The molecule has 3 aromatic heterocycles. The van der Waals surface area contributed by atoms with Gasteiger partial charge in [-0.25, -0.2) is 9.50 Å². The maximum Gasteiger partial charge on any atom is 0.213 e. The number of rotatable bonds is 3. The summed E-state index contributed by atoms with van der Waals surface area (Å²) in [6.07, 6.45) is 2.80. The van der Waals surface area contributed by atoms with E-state index in [9.17, 15) is 0 Å². The first kappa shape index (κ1) is 11.7. The molecule has 0 amide bonds. The van der Waals surface area contributed by atoms with Crippen LogP contribution < -0.4 is 0 Å². The summed E-state index contributed by atoms with van der Waals surface area (Å²) in [6.45, 7) is 4.03. The third-order valence-corrected chi connectivity index (χ3v) is 4.58. The Hall–Kier alpha value is -1.41. The standard InChI is InChI=1S/C10H12N6S2/c1-4-7-12-13-9(15(7)3)18-10-14-16-5-6(2)11-8(16)17-10/h5H,4H2,1-3H3. The molecule has 94 valence electrons. The number of fused-ring (bicyclic) bond motifs is 1. The molecule has 0 radical (unpaired) electrons. The molecule has 0 aliphatic rings. The third-order valence-electron chi connectivity index (χ3n) is 2.56. The molecule has 0 saturated heterocycles. The van der Waals surface area contributed by atoms with Crippen molar-refractivity contribution in [2.45, 2.75) is 29.8 Å². The van der Waals surface area contributed by atoms with Crippen LogP contribution in [-0.4, -0.2) is 29.4 Å². The average Bonchev–Trinajstić information content (AvgIpc) is 2.94. The lowest BCUT2D eigenvalue weighted by atomic mass is 10.5. The van der Waals surface area contributed by atoms with Gasteiger partial charge >= 0.3 is 0 Å². The van der Waals surface area contributed by atoms with Gasteiger partial charge in [0, 0.05) is 13.5 Å². The van der Waals surface area contributed by atoms with Gasteiger partial charge in [-0.3, -0.25) is 0 Å². The molecule has 8 heteroatoms. The van der Waals surface area contributed by atoms with Gasteiger partial charge in [0.05, 0.1) is 11.9 Å². The van der Waals surface area contributed by atoms with Crippen molar-refractivity contribution < 1.29 is 0 Å². The van der Waals surface area contributed by atoms with Gasteiger partial charge in [0.25, 0.3) is 0 Å². The summed E-state index contributed by atoms with van der Waals surface area (Å²) < 4.78 is 4.73. The fourth-order valence-electron chi connectivity index (χ4n) is 1.65. The topological polar surface area (TPSA) is 60.9 Å². The predicted molar refractivity (Wildman–Crippen MR) is 70.1 cm³/mol. The molecular weight excluding hydrogens is 268 g/mol. The van der Waals surface area contributed by atoms with E-state index < -0.39 is 0 Å². The lowest BCUT2D eigenvalue weighted by Crippen LogP contribution is -1.96. The Morgan fingerprint density at radius 1 is 1.39 bits per heavy atom. The highest BCUT2D eigenvalue weighted by Crippen LogP contribution is 2.30. The number of aryl methyl sites for hydroxylation is 2. The molecular formula is C10H12N6S2. The van der Waals surface area contributed by atoms with Crippen molar-refractivity contribution in [3.05, 3.63) is 17.7 Å². The van der Waals surface area contributed by atoms with Crippen LogP contribution in [-0.2, 0) is 13.5 Å². The van der Waals surface area contributed by atoms with Crippen LogP contribution in [0.1, 0.15) is 18.4 Å². The Morgan fingerprint density at radius 3 is 2.89 bits per heavy atom. The van der Waals surface area contributed by atoms with Crippen molar-refractivity contribution in [3.63, 3.8) is 0 Å². The summed E-state index contributed by atoms with van der Waals surface area (Å²) in [4.78, 5) is 5.29. The molecule has 3 heterocycles. The number of hydrogen-bond acceptors (Lipinski definition) is 6. The first-order valence-electron chi connectivity index (χ1n) is 5.56. The van der Waals surface area contributed by atoms with Gasteiger partial charge < -0.3 is 4.57 Å². The first-order valence-corrected chi connectivity index (χ1v) is 7.19. The number of aromatic nitrogens is 6. The van der Waals surface area contributed by atoms with Crippen molar-refractivity contribution in [2.75, 3.05) is 0 Å². The monoisotopic (exact) mass is 280 g/mol. The lowest BCUT2D eigenvalue weighted by molar-refractivity contribution is 0.741. The van der Waals surface area contributed by atoms with Crippen LogP contribution in [0.5, 0.6) is 0 Å². The normalized spacial score (nSPS) is 11.5. The van der Waals surface area contributed by atoms with E-state index in [2.05, 4.69) is 27.2 Å².